The summed E-state index contributed by atoms with van der Waals surface area (Å²) in [6.07, 6.45) is 7.56. The number of allylic oxidation sites excluding steroid dienone is 4. The molecule has 9 heteroatoms. The second kappa shape index (κ2) is 10.2. The van der Waals surface area contributed by atoms with Crippen LogP contribution in [0.4, 0.5) is 11.8 Å². The van der Waals surface area contributed by atoms with E-state index in [9.17, 15) is 14.9 Å². The first-order valence-corrected chi connectivity index (χ1v) is 13.5. The summed E-state index contributed by atoms with van der Waals surface area (Å²) in [6, 6.07) is 14.6. The predicted octanol–water partition coefficient (Wildman–Crippen LogP) is 4.97. The van der Waals surface area contributed by atoms with Gasteiger partial charge in [-0.05, 0) is 54.5 Å². The average Bonchev–Trinajstić information content (AvgIpc) is 3.24. The van der Waals surface area contributed by atoms with Gasteiger partial charge < -0.3 is 15.5 Å². The summed E-state index contributed by atoms with van der Waals surface area (Å²) < 4.78 is 0. The van der Waals surface area contributed by atoms with Crippen LogP contribution in [0.15, 0.2) is 60.3 Å². The molecule has 0 amide bonds. The molecule has 3 aliphatic rings. The highest BCUT2D eigenvalue weighted by atomic mass is 16.6. The maximum absolute atomic E-state index is 13.0. The fourth-order valence-corrected chi connectivity index (χ4v) is 6.14. The van der Waals surface area contributed by atoms with Crippen LogP contribution in [0.25, 0.3) is 16.5 Å². The molecule has 1 heterocycles. The average molecular weight is 525 g/mol. The molecule has 0 aliphatic heterocycles. The molecular formula is C30H32N6O3. The number of aromatic nitrogens is 2. The summed E-state index contributed by atoms with van der Waals surface area (Å²) in [5, 5.41) is 19.6. The zero-order valence-corrected chi connectivity index (χ0v) is 22.2. The number of Topliss-reactive ketones (excluding diaryl/α,β-unsaturated/α-hetero) is 1. The molecular weight excluding hydrogens is 492 g/mol. The lowest BCUT2D eigenvalue weighted by molar-refractivity contribution is -0.428. The van der Waals surface area contributed by atoms with E-state index in [1.165, 1.54) is 0 Å². The highest BCUT2D eigenvalue weighted by Crippen LogP contribution is 2.44. The van der Waals surface area contributed by atoms with Crippen molar-refractivity contribution in [1.82, 2.24) is 15.3 Å². The van der Waals surface area contributed by atoms with Crippen LogP contribution in [0, 0.1) is 16.0 Å². The molecule has 3 aromatic rings. The lowest BCUT2D eigenvalue weighted by Crippen LogP contribution is -2.37. The highest BCUT2D eigenvalue weighted by molar-refractivity contribution is 6.15. The molecule has 200 valence electrons. The van der Waals surface area contributed by atoms with E-state index in [4.69, 9.17) is 9.97 Å². The van der Waals surface area contributed by atoms with Crippen molar-refractivity contribution in [3.05, 3.63) is 87.1 Å². The van der Waals surface area contributed by atoms with Gasteiger partial charge >= 0.3 is 0 Å². The van der Waals surface area contributed by atoms with Crippen molar-refractivity contribution in [2.45, 2.75) is 50.7 Å². The maximum Gasteiger partial charge on any atom is 0.247 e. The Hall–Kier alpha value is -4.11. The molecule has 2 N–H and O–H groups in total. The quantitative estimate of drug-likeness (QED) is 0.329. The third-order valence-electron chi connectivity index (χ3n) is 8.15. The van der Waals surface area contributed by atoms with E-state index in [0.717, 1.165) is 59.1 Å². The number of para-hydroxylation sites is 1. The molecule has 0 bridgehead atoms. The van der Waals surface area contributed by atoms with E-state index < -0.39 is 5.92 Å². The zero-order chi connectivity index (χ0) is 27.1. The van der Waals surface area contributed by atoms with Gasteiger partial charge in [0.15, 0.2) is 5.78 Å². The van der Waals surface area contributed by atoms with Crippen molar-refractivity contribution in [3.8, 4) is 0 Å². The highest BCUT2D eigenvalue weighted by Gasteiger charge is 2.40. The lowest BCUT2D eigenvalue weighted by Gasteiger charge is -2.30. The number of hydrogen-bond acceptors (Lipinski definition) is 8. The van der Waals surface area contributed by atoms with Gasteiger partial charge in [-0.2, -0.15) is 4.98 Å². The Morgan fingerprint density at radius 1 is 1.00 bits per heavy atom. The van der Waals surface area contributed by atoms with Crippen LogP contribution >= 0.6 is 0 Å². The molecule has 39 heavy (non-hydrogen) atoms. The minimum atomic E-state index is -0.446. The number of carbonyl (C=O) groups is 1. The summed E-state index contributed by atoms with van der Waals surface area (Å²) in [5.41, 5.74) is 4.67. The van der Waals surface area contributed by atoms with Crippen molar-refractivity contribution in [2.75, 3.05) is 24.3 Å². The summed E-state index contributed by atoms with van der Waals surface area (Å²) in [5.74, 6) is 1.12. The standard InChI is InChI=1S/C30H32N6O3/c1-35(2)29-23-7-3-4-9-26(23)33-30(34-29)32-20-12-10-19(11-13-20)31-17-18-6-5-8-24-27(18)22-15-14-21(36(38)39)16-25(22)28(24)37/h3-9,14-15,19-20,25,31H,10-13,16-17H2,1-2H3,(H,32,33,34)/t19-,20+,25?. The van der Waals surface area contributed by atoms with Crippen LogP contribution in [0.1, 0.15) is 53.6 Å². The first kappa shape index (κ1) is 25.2. The van der Waals surface area contributed by atoms with Gasteiger partial charge in [0.25, 0.3) is 0 Å². The smallest absolute Gasteiger partial charge is 0.247 e. The monoisotopic (exact) mass is 524 g/mol. The predicted molar refractivity (Wildman–Crippen MR) is 152 cm³/mol. The van der Waals surface area contributed by atoms with E-state index in [1.54, 1.807) is 12.2 Å². The van der Waals surface area contributed by atoms with Gasteiger partial charge in [-0.1, -0.05) is 36.4 Å². The van der Waals surface area contributed by atoms with E-state index in [0.29, 0.717) is 30.1 Å². The first-order valence-electron chi connectivity index (χ1n) is 13.5. The minimum absolute atomic E-state index is 0.00883. The maximum atomic E-state index is 13.0. The number of carbonyl (C=O) groups excluding carboxylic acids is 1. The number of nitro groups is 1. The van der Waals surface area contributed by atoms with Gasteiger partial charge in [-0.25, -0.2) is 4.98 Å². The van der Waals surface area contributed by atoms with Crippen LogP contribution in [-0.2, 0) is 6.54 Å². The van der Waals surface area contributed by atoms with Crippen LogP contribution in [-0.4, -0.2) is 46.9 Å². The topological polar surface area (TPSA) is 113 Å². The van der Waals surface area contributed by atoms with Gasteiger partial charge in [-0.3, -0.25) is 14.9 Å². The number of nitrogens with one attached hydrogen (secondary N) is 2. The second-order valence-corrected chi connectivity index (χ2v) is 10.9. The van der Waals surface area contributed by atoms with Crippen molar-refractivity contribution in [3.63, 3.8) is 0 Å². The number of hydrogen-bond donors (Lipinski definition) is 2. The van der Waals surface area contributed by atoms with Crippen LogP contribution in [0.5, 0.6) is 0 Å². The van der Waals surface area contributed by atoms with Crippen molar-refractivity contribution in [1.29, 1.82) is 0 Å². The molecule has 2 aromatic carbocycles. The SMILES string of the molecule is CN(C)c1nc(N[C@H]2CC[C@@H](NCc3cccc4c3C3=CC=C([N+](=O)[O-])CC3C4=O)CC2)nc2ccccc12. The summed E-state index contributed by atoms with van der Waals surface area (Å²) in [7, 11) is 4.00. The first-order chi connectivity index (χ1) is 18.9. The molecule has 1 fully saturated rings. The molecule has 1 atom stereocenters. The fraction of sp³-hybridized carbons (Fsp3) is 0.367. The fourth-order valence-electron chi connectivity index (χ4n) is 6.14. The van der Waals surface area contributed by atoms with Crippen LogP contribution in [0.3, 0.4) is 0 Å². The largest absolute Gasteiger partial charge is 0.362 e. The minimum Gasteiger partial charge on any atom is -0.362 e. The van der Waals surface area contributed by atoms with Gasteiger partial charge in [-0.15, -0.1) is 0 Å². The Labute approximate surface area is 227 Å². The van der Waals surface area contributed by atoms with Crippen LogP contribution < -0.4 is 15.5 Å². The molecule has 1 saturated carbocycles. The van der Waals surface area contributed by atoms with Crippen molar-refractivity contribution < 1.29 is 9.72 Å². The van der Waals surface area contributed by atoms with Gasteiger partial charge in [0.1, 0.15) is 5.82 Å². The van der Waals surface area contributed by atoms with Gasteiger partial charge in [0.2, 0.25) is 11.6 Å². The van der Waals surface area contributed by atoms with Crippen molar-refractivity contribution in [2.24, 2.45) is 5.92 Å². The van der Waals surface area contributed by atoms with Gasteiger partial charge in [0, 0.05) is 49.7 Å². The molecule has 1 aromatic heterocycles. The Morgan fingerprint density at radius 2 is 1.77 bits per heavy atom. The van der Waals surface area contributed by atoms with E-state index in [2.05, 4.69) is 22.8 Å². The van der Waals surface area contributed by atoms with E-state index in [1.807, 2.05) is 49.3 Å². The van der Waals surface area contributed by atoms with Crippen LogP contribution in [0.2, 0.25) is 0 Å². The molecule has 1 unspecified atom stereocenters. The molecule has 0 spiro atoms. The zero-order valence-electron chi connectivity index (χ0n) is 22.2. The number of ketones is 1. The third-order valence-corrected chi connectivity index (χ3v) is 8.15. The molecule has 0 saturated heterocycles. The molecule has 3 aliphatic carbocycles. The normalized spacial score (nSPS) is 22.1. The molecule has 9 nitrogen and oxygen atoms in total. The van der Waals surface area contributed by atoms with Gasteiger partial charge in [0.05, 0.1) is 22.8 Å². The summed E-state index contributed by atoms with van der Waals surface area (Å²) in [4.78, 5) is 35.5. The van der Waals surface area contributed by atoms with E-state index >= 15 is 0 Å². The third kappa shape index (κ3) is 4.78. The van der Waals surface area contributed by atoms with Crippen molar-refractivity contribution >= 4 is 34.0 Å². The lowest BCUT2D eigenvalue weighted by atomic mass is 9.88. The summed E-state index contributed by atoms with van der Waals surface area (Å²) in [6.45, 7) is 0.662. The number of nitrogens with zero attached hydrogens (tertiary/aromatic N) is 4. The number of benzene rings is 2. The van der Waals surface area contributed by atoms with E-state index in [-0.39, 0.29) is 22.8 Å². The second-order valence-electron chi connectivity index (χ2n) is 10.9. The summed E-state index contributed by atoms with van der Waals surface area (Å²) >= 11 is 0. The Bertz CT molecular complexity index is 1520. The Kier molecular flexibility index (Phi) is 6.60. The Morgan fingerprint density at radius 3 is 2.54 bits per heavy atom. The molecule has 6 rings (SSSR count). The number of anilines is 2. The Balaban J connectivity index is 1.10. The number of fused-ring (bicyclic) bond motifs is 4. The molecule has 0 radical (unpaired) electrons. The number of rotatable bonds is 7.